The van der Waals surface area contributed by atoms with Crippen LogP contribution in [0.15, 0.2) is 54.9 Å². The van der Waals surface area contributed by atoms with Gasteiger partial charge in [0.1, 0.15) is 11.5 Å². The standard InChI is InChI=1S/C21H22N4O/c1-4-16-7-9-17(10-8-16)24-20-13-22-19(12-23-20)21(26)25-18-11-14(2)5-6-15(18)3/h5-13H,4H2,1-3H3,(H,23,24)(H,25,26). The Kier molecular flexibility index (Phi) is 5.27. The molecule has 0 saturated heterocycles. The fraction of sp³-hybridized carbons (Fsp3) is 0.190. The molecule has 0 radical (unpaired) electrons. The molecular formula is C21H22N4O. The first kappa shape index (κ1) is 17.6. The first-order valence-electron chi connectivity index (χ1n) is 8.62. The molecule has 0 bridgehead atoms. The maximum atomic E-state index is 12.4. The van der Waals surface area contributed by atoms with Gasteiger partial charge in [-0.15, -0.1) is 0 Å². The van der Waals surface area contributed by atoms with Crippen molar-refractivity contribution in [3.63, 3.8) is 0 Å². The number of hydrogen-bond donors (Lipinski definition) is 2. The summed E-state index contributed by atoms with van der Waals surface area (Å²) in [6.45, 7) is 6.07. The molecule has 0 aliphatic heterocycles. The van der Waals surface area contributed by atoms with E-state index in [1.165, 1.54) is 11.8 Å². The molecule has 3 rings (SSSR count). The second-order valence-corrected chi connectivity index (χ2v) is 6.23. The van der Waals surface area contributed by atoms with E-state index in [1.807, 2.05) is 44.2 Å². The number of amides is 1. The first-order chi connectivity index (χ1) is 12.5. The van der Waals surface area contributed by atoms with Gasteiger partial charge in [0.25, 0.3) is 5.91 Å². The van der Waals surface area contributed by atoms with Crippen LogP contribution < -0.4 is 10.6 Å². The predicted octanol–water partition coefficient (Wildman–Crippen LogP) is 4.65. The van der Waals surface area contributed by atoms with E-state index >= 15 is 0 Å². The molecule has 5 nitrogen and oxygen atoms in total. The number of hydrogen-bond acceptors (Lipinski definition) is 4. The monoisotopic (exact) mass is 346 g/mol. The summed E-state index contributed by atoms with van der Waals surface area (Å²) in [4.78, 5) is 20.9. The topological polar surface area (TPSA) is 66.9 Å². The maximum absolute atomic E-state index is 12.4. The SMILES string of the molecule is CCc1ccc(Nc2cnc(C(=O)Nc3cc(C)ccc3C)cn2)cc1. The smallest absolute Gasteiger partial charge is 0.275 e. The lowest BCUT2D eigenvalue weighted by Crippen LogP contribution is -2.15. The third-order valence-corrected chi connectivity index (χ3v) is 4.16. The largest absolute Gasteiger partial charge is 0.339 e. The first-order valence-corrected chi connectivity index (χ1v) is 8.62. The van der Waals surface area contributed by atoms with Crippen LogP contribution in [-0.2, 0) is 6.42 Å². The average Bonchev–Trinajstić information content (AvgIpc) is 2.66. The van der Waals surface area contributed by atoms with Crippen LogP contribution in [0.3, 0.4) is 0 Å². The fourth-order valence-corrected chi connectivity index (χ4v) is 2.54. The number of aromatic nitrogens is 2. The van der Waals surface area contributed by atoms with Gasteiger partial charge in [-0.25, -0.2) is 9.97 Å². The highest BCUT2D eigenvalue weighted by Gasteiger charge is 2.10. The Labute approximate surface area is 153 Å². The lowest BCUT2D eigenvalue weighted by molar-refractivity contribution is 0.102. The molecule has 0 aliphatic rings. The van der Waals surface area contributed by atoms with Crippen molar-refractivity contribution in [2.45, 2.75) is 27.2 Å². The quantitative estimate of drug-likeness (QED) is 0.705. The van der Waals surface area contributed by atoms with Gasteiger partial charge in [0, 0.05) is 11.4 Å². The number of aryl methyl sites for hydroxylation is 3. The number of benzene rings is 2. The van der Waals surface area contributed by atoms with Crippen molar-refractivity contribution in [1.29, 1.82) is 0 Å². The lowest BCUT2D eigenvalue weighted by Gasteiger charge is -2.09. The fourth-order valence-electron chi connectivity index (χ4n) is 2.54. The van der Waals surface area contributed by atoms with Crippen molar-refractivity contribution in [1.82, 2.24) is 9.97 Å². The summed E-state index contributed by atoms with van der Waals surface area (Å²) < 4.78 is 0. The van der Waals surface area contributed by atoms with Crippen molar-refractivity contribution >= 4 is 23.1 Å². The van der Waals surface area contributed by atoms with Gasteiger partial charge in [-0.1, -0.05) is 31.2 Å². The van der Waals surface area contributed by atoms with Crippen molar-refractivity contribution in [3.05, 3.63) is 77.2 Å². The molecule has 26 heavy (non-hydrogen) atoms. The summed E-state index contributed by atoms with van der Waals surface area (Å²) >= 11 is 0. The van der Waals surface area contributed by atoms with Crippen molar-refractivity contribution in [2.24, 2.45) is 0 Å². The van der Waals surface area contributed by atoms with E-state index < -0.39 is 0 Å². The lowest BCUT2D eigenvalue weighted by atomic mass is 10.1. The summed E-state index contributed by atoms with van der Waals surface area (Å²) in [6.07, 6.45) is 4.04. The second-order valence-electron chi connectivity index (χ2n) is 6.23. The van der Waals surface area contributed by atoms with Crippen LogP contribution in [0.4, 0.5) is 17.2 Å². The predicted molar refractivity (Wildman–Crippen MR) is 105 cm³/mol. The molecular weight excluding hydrogens is 324 g/mol. The molecule has 2 N–H and O–H groups in total. The molecule has 0 spiro atoms. The zero-order chi connectivity index (χ0) is 18.5. The molecule has 0 aliphatic carbocycles. The summed E-state index contributed by atoms with van der Waals surface area (Å²) in [5.41, 5.74) is 5.37. The van der Waals surface area contributed by atoms with E-state index in [9.17, 15) is 4.79 Å². The molecule has 1 heterocycles. The van der Waals surface area contributed by atoms with Crippen molar-refractivity contribution < 1.29 is 4.79 Å². The molecule has 0 fully saturated rings. The van der Waals surface area contributed by atoms with Crippen LogP contribution in [0.2, 0.25) is 0 Å². The number of rotatable bonds is 5. The summed E-state index contributed by atoms with van der Waals surface area (Å²) in [7, 11) is 0. The normalized spacial score (nSPS) is 10.4. The van der Waals surface area contributed by atoms with Gasteiger partial charge in [-0.3, -0.25) is 4.79 Å². The van der Waals surface area contributed by atoms with Crippen LogP contribution in [-0.4, -0.2) is 15.9 Å². The number of carbonyl (C=O) groups is 1. The van der Waals surface area contributed by atoms with Gasteiger partial charge in [0.05, 0.1) is 12.4 Å². The Hall–Kier alpha value is -3.21. The Bertz CT molecular complexity index is 902. The molecule has 2 aromatic carbocycles. The number of nitrogens with zero attached hydrogens (tertiary/aromatic N) is 2. The van der Waals surface area contributed by atoms with Crippen LogP contribution in [0.25, 0.3) is 0 Å². The Morgan fingerprint density at radius 3 is 2.42 bits per heavy atom. The zero-order valence-electron chi connectivity index (χ0n) is 15.2. The molecule has 1 aromatic heterocycles. The van der Waals surface area contributed by atoms with Gasteiger partial charge in [0.2, 0.25) is 0 Å². The minimum absolute atomic E-state index is 0.273. The summed E-state index contributed by atoms with van der Waals surface area (Å²) in [5, 5.41) is 6.07. The molecule has 0 unspecified atom stereocenters. The van der Waals surface area contributed by atoms with Gasteiger partial charge >= 0.3 is 0 Å². The third-order valence-electron chi connectivity index (χ3n) is 4.16. The van der Waals surface area contributed by atoms with E-state index in [0.717, 1.165) is 28.9 Å². The Morgan fingerprint density at radius 2 is 1.77 bits per heavy atom. The molecule has 132 valence electrons. The molecule has 3 aromatic rings. The minimum Gasteiger partial charge on any atom is -0.339 e. The Balaban J connectivity index is 1.68. The van der Waals surface area contributed by atoms with E-state index in [2.05, 4.69) is 39.7 Å². The highest BCUT2D eigenvalue weighted by atomic mass is 16.1. The van der Waals surface area contributed by atoms with Gasteiger partial charge in [-0.05, 0) is 55.2 Å². The van der Waals surface area contributed by atoms with Gasteiger partial charge < -0.3 is 10.6 Å². The highest BCUT2D eigenvalue weighted by Crippen LogP contribution is 2.18. The molecule has 5 heteroatoms. The third kappa shape index (κ3) is 4.25. The van der Waals surface area contributed by atoms with E-state index in [1.54, 1.807) is 6.20 Å². The van der Waals surface area contributed by atoms with E-state index in [0.29, 0.717) is 5.82 Å². The zero-order valence-corrected chi connectivity index (χ0v) is 15.2. The van der Waals surface area contributed by atoms with Crippen LogP contribution in [0.1, 0.15) is 34.1 Å². The van der Waals surface area contributed by atoms with Crippen molar-refractivity contribution in [2.75, 3.05) is 10.6 Å². The maximum Gasteiger partial charge on any atom is 0.275 e. The number of anilines is 3. The van der Waals surface area contributed by atoms with E-state index in [4.69, 9.17) is 0 Å². The molecule has 0 atom stereocenters. The highest BCUT2D eigenvalue weighted by molar-refractivity contribution is 6.03. The number of carbonyl (C=O) groups excluding carboxylic acids is 1. The number of nitrogens with one attached hydrogen (secondary N) is 2. The van der Waals surface area contributed by atoms with Crippen LogP contribution in [0, 0.1) is 13.8 Å². The van der Waals surface area contributed by atoms with Gasteiger partial charge in [-0.2, -0.15) is 0 Å². The minimum atomic E-state index is -0.273. The summed E-state index contributed by atoms with van der Waals surface area (Å²) in [5.74, 6) is 0.322. The molecule has 1 amide bonds. The second kappa shape index (κ2) is 7.78. The average molecular weight is 346 g/mol. The Morgan fingerprint density at radius 1 is 1.00 bits per heavy atom. The molecule has 0 saturated carbocycles. The van der Waals surface area contributed by atoms with Crippen LogP contribution in [0.5, 0.6) is 0 Å². The van der Waals surface area contributed by atoms with Gasteiger partial charge in [0.15, 0.2) is 0 Å². The van der Waals surface area contributed by atoms with E-state index in [-0.39, 0.29) is 11.6 Å². The van der Waals surface area contributed by atoms with Crippen LogP contribution >= 0.6 is 0 Å². The summed E-state index contributed by atoms with van der Waals surface area (Å²) in [6, 6.07) is 14.1. The van der Waals surface area contributed by atoms with Crippen molar-refractivity contribution in [3.8, 4) is 0 Å².